The first kappa shape index (κ1) is 19.9. The average Bonchev–Trinajstić information content (AvgIpc) is 3.11. The first-order valence-corrected chi connectivity index (χ1v) is 9.81. The second-order valence-corrected chi connectivity index (χ2v) is 6.99. The maximum absolute atomic E-state index is 9.75. The second kappa shape index (κ2) is 9.43. The highest BCUT2D eigenvalue weighted by molar-refractivity contribution is 5.83. The minimum absolute atomic E-state index is 0.00747. The molecule has 3 aromatic heterocycles. The molecule has 2 N–H and O–H groups in total. The summed E-state index contributed by atoms with van der Waals surface area (Å²) in [5.41, 5.74) is 2.78. The first-order valence-electron chi connectivity index (χ1n) is 9.81. The molecular formula is C22H24N6O2. The van der Waals surface area contributed by atoms with Gasteiger partial charge in [-0.3, -0.25) is 9.67 Å². The summed E-state index contributed by atoms with van der Waals surface area (Å²) in [6.07, 6.45) is 5.71. The van der Waals surface area contributed by atoms with Gasteiger partial charge < -0.3 is 15.2 Å². The largest absolute Gasteiger partial charge is 0.487 e. The summed E-state index contributed by atoms with van der Waals surface area (Å²) in [4.78, 5) is 12.8. The maximum Gasteiger partial charge on any atom is 0.130 e. The molecule has 4 rings (SSSR count). The fourth-order valence-electron chi connectivity index (χ4n) is 3.27. The molecule has 3 heterocycles. The zero-order valence-electron chi connectivity index (χ0n) is 16.8. The van der Waals surface area contributed by atoms with Crippen LogP contribution in [0.15, 0.2) is 61.1 Å². The molecule has 1 atom stereocenters. The van der Waals surface area contributed by atoms with Crippen molar-refractivity contribution in [3.63, 3.8) is 0 Å². The number of rotatable bonds is 9. The number of hydrogen-bond donors (Lipinski definition) is 2. The molecule has 0 bridgehead atoms. The van der Waals surface area contributed by atoms with Gasteiger partial charge in [0.05, 0.1) is 23.5 Å². The standard InChI is InChI=1S/C22H24N6O2/c1-28-21(13-26-17(14-29)11-22-24-9-4-10-25-22)19-12-18(6-7-20(19)27-28)30-15-16-5-2-3-8-23-16/h2-10,12,17,26,29H,11,13-15H2,1H3. The highest BCUT2D eigenvalue weighted by Gasteiger charge is 2.14. The van der Waals surface area contributed by atoms with Crippen LogP contribution in [0.5, 0.6) is 5.75 Å². The summed E-state index contributed by atoms with van der Waals surface area (Å²) in [5, 5.41) is 18.7. The predicted octanol–water partition coefficient (Wildman–Crippen LogP) is 2.03. The van der Waals surface area contributed by atoms with E-state index in [1.165, 1.54) is 0 Å². The van der Waals surface area contributed by atoms with E-state index in [-0.39, 0.29) is 12.6 Å². The number of pyridine rings is 1. The minimum Gasteiger partial charge on any atom is -0.487 e. The fraction of sp³-hybridized carbons (Fsp3) is 0.273. The van der Waals surface area contributed by atoms with E-state index in [1.807, 2.05) is 48.1 Å². The number of aromatic nitrogens is 5. The number of nitrogens with one attached hydrogen (secondary N) is 1. The van der Waals surface area contributed by atoms with E-state index in [1.54, 1.807) is 24.7 Å². The molecule has 0 aliphatic rings. The van der Waals surface area contributed by atoms with Crippen molar-refractivity contribution >= 4 is 10.9 Å². The van der Waals surface area contributed by atoms with Gasteiger partial charge in [0.15, 0.2) is 0 Å². The smallest absolute Gasteiger partial charge is 0.130 e. The van der Waals surface area contributed by atoms with Gasteiger partial charge in [0.25, 0.3) is 0 Å². The Morgan fingerprint density at radius 1 is 1.07 bits per heavy atom. The van der Waals surface area contributed by atoms with Crippen molar-refractivity contribution in [1.82, 2.24) is 30.0 Å². The third kappa shape index (κ3) is 4.79. The molecule has 1 unspecified atom stereocenters. The van der Waals surface area contributed by atoms with E-state index in [4.69, 9.17) is 4.74 Å². The molecule has 8 nitrogen and oxygen atoms in total. The van der Waals surface area contributed by atoms with Crippen molar-refractivity contribution in [2.45, 2.75) is 25.6 Å². The molecule has 0 radical (unpaired) electrons. The van der Waals surface area contributed by atoms with E-state index in [9.17, 15) is 5.11 Å². The third-order valence-corrected chi connectivity index (χ3v) is 4.87. The topological polar surface area (TPSA) is 98.0 Å². The van der Waals surface area contributed by atoms with Crippen molar-refractivity contribution in [3.05, 3.63) is 78.3 Å². The van der Waals surface area contributed by atoms with Crippen LogP contribution in [0.1, 0.15) is 17.2 Å². The minimum atomic E-state index is -0.152. The summed E-state index contributed by atoms with van der Waals surface area (Å²) in [6.45, 7) is 0.949. The van der Waals surface area contributed by atoms with Crippen LogP contribution in [0.25, 0.3) is 10.9 Å². The Morgan fingerprint density at radius 2 is 1.90 bits per heavy atom. The lowest BCUT2D eigenvalue weighted by atomic mass is 10.1. The monoisotopic (exact) mass is 404 g/mol. The number of aliphatic hydroxyl groups is 1. The summed E-state index contributed by atoms with van der Waals surface area (Å²) in [5.74, 6) is 1.46. The van der Waals surface area contributed by atoms with Crippen molar-refractivity contribution in [2.75, 3.05) is 6.61 Å². The Bertz CT molecular complexity index is 1080. The van der Waals surface area contributed by atoms with Crippen LogP contribution >= 0.6 is 0 Å². The number of aliphatic hydroxyl groups excluding tert-OH is 1. The van der Waals surface area contributed by atoms with Gasteiger partial charge in [-0.2, -0.15) is 5.10 Å². The number of aryl methyl sites for hydroxylation is 1. The zero-order valence-corrected chi connectivity index (χ0v) is 16.8. The molecule has 0 aliphatic heterocycles. The normalized spacial score (nSPS) is 12.2. The van der Waals surface area contributed by atoms with Crippen molar-refractivity contribution in [3.8, 4) is 5.75 Å². The molecule has 154 valence electrons. The predicted molar refractivity (Wildman–Crippen MR) is 113 cm³/mol. The second-order valence-electron chi connectivity index (χ2n) is 6.99. The molecule has 0 fully saturated rings. The van der Waals surface area contributed by atoms with Crippen LogP contribution in [-0.2, 0) is 26.6 Å². The van der Waals surface area contributed by atoms with E-state index >= 15 is 0 Å². The lowest BCUT2D eigenvalue weighted by Gasteiger charge is -2.15. The molecule has 0 saturated carbocycles. The van der Waals surface area contributed by atoms with E-state index in [0.717, 1.165) is 28.0 Å². The Labute approximate surface area is 174 Å². The van der Waals surface area contributed by atoms with Crippen LogP contribution in [0.3, 0.4) is 0 Å². The molecular weight excluding hydrogens is 380 g/mol. The fourth-order valence-corrected chi connectivity index (χ4v) is 3.27. The van der Waals surface area contributed by atoms with Crippen molar-refractivity contribution in [2.24, 2.45) is 7.05 Å². The molecule has 0 aliphatic carbocycles. The summed E-state index contributed by atoms with van der Waals surface area (Å²) in [6, 6.07) is 13.2. The SMILES string of the molecule is Cn1nc2ccc(OCc3ccccn3)cc2c1CNC(CO)Cc1ncccn1. The number of benzene rings is 1. The zero-order chi connectivity index (χ0) is 20.8. The van der Waals surface area contributed by atoms with Gasteiger partial charge in [-0.25, -0.2) is 9.97 Å². The quantitative estimate of drug-likeness (QED) is 0.440. The maximum atomic E-state index is 9.75. The van der Waals surface area contributed by atoms with Crippen molar-refractivity contribution < 1.29 is 9.84 Å². The number of hydrogen-bond acceptors (Lipinski definition) is 7. The lowest BCUT2D eigenvalue weighted by molar-refractivity contribution is 0.238. The van der Waals surface area contributed by atoms with Crippen LogP contribution in [0.4, 0.5) is 0 Å². The molecule has 8 heteroatoms. The molecule has 0 saturated heterocycles. The van der Waals surface area contributed by atoms with Crippen LogP contribution < -0.4 is 10.1 Å². The number of ether oxygens (including phenoxy) is 1. The highest BCUT2D eigenvalue weighted by atomic mass is 16.5. The Balaban J connectivity index is 1.46. The van der Waals surface area contributed by atoms with Crippen LogP contribution in [0, 0.1) is 0 Å². The third-order valence-electron chi connectivity index (χ3n) is 4.87. The van der Waals surface area contributed by atoms with Crippen molar-refractivity contribution in [1.29, 1.82) is 0 Å². The number of nitrogens with zero attached hydrogens (tertiary/aromatic N) is 5. The molecule has 4 aromatic rings. The summed E-state index contributed by atoms with van der Waals surface area (Å²) < 4.78 is 7.77. The molecule has 0 amide bonds. The Morgan fingerprint density at radius 3 is 2.67 bits per heavy atom. The van der Waals surface area contributed by atoms with Gasteiger partial charge in [-0.1, -0.05) is 6.07 Å². The van der Waals surface area contributed by atoms with Gasteiger partial charge in [0.2, 0.25) is 0 Å². The lowest BCUT2D eigenvalue weighted by Crippen LogP contribution is -2.35. The van der Waals surface area contributed by atoms with Gasteiger partial charge in [-0.15, -0.1) is 0 Å². The number of fused-ring (bicyclic) bond motifs is 1. The van der Waals surface area contributed by atoms with Gasteiger partial charge in [0, 0.05) is 50.0 Å². The highest BCUT2D eigenvalue weighted by Crippen LogP contribution is 2.24. The van der Waals surface area contributed by atoms with E-state index in [0.29, 0.717) is 25.4 Å². The Kier molecular flexibility index (Phi) is 6.26. The van der Waals surface area contributed by atoms with E-state index < -0.39 is 0 Å². The summed E-state index contributed by atoms with van der Waals surface area (Å²) >= 11 is 0. The Hall–Kier alpha value is -3.36. The average molecular weight is 404 g/mol. The first-order chi connectivity index (χ1) is 14.7. The van der Waals surface area contributed by atoms with Gasteiger partial charge in [-0.05, 0) is 36.4 Å². The molecule has 30 heavy (non-hydrogen) atoms. The molecule has 0 spiro atoms. The van der Waals surface area contributed by atoms with Gasteiger partial charge >= 0.3 is 0 Å². The summed E-state index contributed by atoms with van der Waals surface area (Å²) in [7, 11) is 1.92. The van der Waals surface area contributed by atoms with Crippen LogP contribution in [0.2, 0.25) is 0 Å². The molecule has 1 aromatic carbocycles. The van der Waals surface area contributed by atoms with E-state index in [2.05, 4.69) is 25.4 Å². The van der Waals surface area contributed by atoms with Gasteiger partial charge in [0.1, 0.15) is 18.2 Å². The van der Waals surface area contributed by atoms with Crippen LogP contribution in [-0.4, -0.2) is 42.5 Å².